The van der Waals surface area contributed by atoms with Gasteiger partial charge in [0.1, 0.15) is 0 Å². The third-order valence-electron chi connectivity index (χ3n) is 4.37. The number of hydrogen-bond donors (Lipinski definition) is 1. The minimum Gasteiger partial charge on any atom is -0.481 e. The maximum Gasteiger partial charge on any atom is 0.307 e. The molecule has 0 radical (unpaired) electrons. The van der Waals surface area contributed by atoms with Crippen LogP contribution in [0.3, 0.4) is 0 Å². The molecule has 0 saturated heterocycles. The number of carboxylic acid groups (broad SMARTS) is 1. The second-order valence-electron chi connectivity index (χ2n) is 5.79. The Hall–Kier alpha value is -1.31. The molecule has 1 aliphatic carbocycles. The average Bonchev–Trinajstić information content (AvgIpc) is 2.79. The van der Waals surface area contributed by atoms with E-state index < -0.39 is 5.97 Å². The van der Waals surface area contributed by atoms with E-state index in [1.807, 2.05) is 32.0 Å². The monoisotopic (exact) mass is 246 g/mol. The summed E-state index contributed by atoms with van der Waals surface area (Å²) in [6.07, 6.45) is 4.30. The van der Waals surface area contributed by atoms with Gasteiger partial charge in [0.15, 0.2) is 0 Å². The second kappa shape index (κ2) is 5.13. The summed E-state index contributed by atoms with van der Waals surface area (Å²) in [6.45, 7) is 4.06. The van der Waals surface area contributed by atoms with E-state index >= 15 is 0 Å². The third-order valence-corrected chi connectivity index (χ3v) is 4.37. The van der Waals surface area contributed by atoms with Crippen molar-refractivity contribution in [3.8, 4) is 0 Å². The van der Waals surface area contributed by atoms with Gasteiger partial charge in [-0.1, -0.05) is 57.0 Å². The molecule has 0 aromatic heterocycles. The first-order chi connectivity index (χ1) is 8.58. The van der Waals surface area contributed by atoms with Crippen LogP contribution in [-0.4, -0.2) is 11.1 Å². The zero-order valence-corrected chi connectivity index (χ0v) is 11.2. The summed E-state index contributed by atoms with van der Waals surface area (Å²) in [6, 6.07) is 10.2. The lowest BCUT2D eigenvalue weighted by Crippen LogP contribution is -2.41. The second-order valence-corrected chi connectivity index (χ2v) is 5.79. The van der Waals surface area contributed by atoms with E-state index in [1.165, 1.54) is 5.56 Å². The molecule has 1 aliphatic rings. The number of hydrogen-bond acceptors (Lipinski definition) is 1. The Morgan fingerprint density at radius 3 is 2.17 bits per heavy atom. The van der Waals surface area contributed by atoms with Gasteiger partial charge >= 0.3 is 5.97 Å². The fraction of sp³-hybridized carbons (Fsp3) is 0.562. The third kappa shape index (κ3) is 2.16. The van der Waals surface area contributed by atoms with E-state index in [9.17, 15) is 9.90 Å². The Balaban J connectivity index is 2.47. The molecule has 1 aromatic rings. The molecule has 2 heteroatoms. The molecular weight excluding hydrogens is 224 g/mol. The van der Waals surface area contributed by atoms with E-state index in [0.717, 1.165) is 25.7 Å². The molecule has 1 fully saturated rings. The predicted molar refractivity (Wildman–Crippen MR) is 72.6 cm³/mol. The highest BCUT2D eigenvalue weighted by Gasteiger charge is 2.47. The Morgan fingerprint density at radius 1 is 1.17 bits per heavy atom. The number of benzene rings is 1. The number of aliphatic carboxylic acids is 1. The van der Waals surface area contributed by atoms with Crippen LogP contribution in [-0.2, 0) is 10.2 Å². The first-order valence-electron chi connectivity index (χ1n) is 6.86. The van der Waals surface area contributed by atoms with Crippen LogP contribution in [0, 0.1) is 11.8 Å². The van der Waals surface area contributed by atoms with Crippen LogP contribution in [0.15, 0.2) is 30.3 Å². The van der Waals surface area contributed by atoms with Crippen molar-refractivity contribution in [3.63, 3.8) is 0 Å². The standard InChI is InChI=1S/C16H22O2/c1-12(2)14(15(17)18)16(10-6-7-11-16)13-8-4-3-5-9-13/h3-5,8-9,12,14H,6-7,10-11H2,1-2H3,(H,17,18). The van der Waals surface area contributed by atoms with Crippen molar-refractivity contribution in [2.75, 3.05) is 0 Å². The van der Waals surface area contributed by atoms with Crippen molar-refractivity contribution < 1.29 is 9.90 Å². The van der Waals surface area contributed by atoms with Crippen molar-refractivity contribution >= 4 is 5.97 Å². The van der Waals surface area contributed by atoms with Crippen LogP contribution in [0.4, 0.5) is 0 Å². The summed E-state index contributed by atoms with van der Waals surface area (Å²) >= 11 is 0. The molecule has 0 bridgehead atoms. The Bertz CT molecular complexity index is 402. The average molecular weight is 246 g/mol. The molecule has 1 N–H and O–H groups in total. The molecule has 1 saturated carbocycles. The van der Waals surface area contributed by atoms with Crippen LogP contribution in [0.1, 0.15) is 45.1 Å². The number of rotatable bonds is 4. The quantitative estimate of drug-likeness (QED) is 0.876. The van der Waals surface area contributed by atoms with Gasteiger partial charge in [-0.05, 0) is 24.3 Å². The Morgan fingerprint density at radius 2 is 1.72 bits per heavy atom. The molecule has 1 unspecified atom stereocenters. The number of carbonyl (C=O) groups is 1. The molecule has 1 aromatic carbocycles. The van der Waals surface area contributed by atoms with E-state index in [1.54, 1.807) is 0 Å². The molecule has 0 amide bonds. The van der Waals surface area contributed by atoms with Gasteiger partial charge in [-0.3, -0.25) is 4.79 Å². The smallest absolute Gasteiger partial charge is 0.307 e. The van der Waals surface area contributed by atoms with Crippen molar-refractivity contribution in [3.05, 3.63) is 35.9 Å². The van der Waals surface area contributed by atoms with Gasteiger partial charge in [0.05, 0.1) is 5.92 Å². The molecule has 0 spiro atoms. The van der Waals surface area contributed by atoms with Gasteiger partial charge in [0, 0.05) is 5.41 Å². The van der Waals surface area contributed by atoms with E-state index in [0.29, 0.717) is 0 Å². The van der Waals surface area contributed by atoms with Crippen molar-refractivity contribution in [2.24, 2.45) is 11.8 Å². The zero-order valence-electron chi connectivity index (χ0n) is 11.2. The summed E-state index contributed by atoms with van der Waals surface area (Å²) in [7, 11) is 0. The minimum atomic E-state index is -0.643. The fourth-order valence-corrected chi connectivity index (χ4v) is 3.71. The zero-order chi connectivity index (χ0) is 13.2. The first-order valence-corrected chi connectivity index (χ1v) is 6.86. The van der Waals surface area contributed by atoms with Crippen LogP contribution >= 0.6 is 0 Å². The topological polar surface area (TPSA) is 37.3 Å². The van der Waals surface area contributed by atoms with Gasteiger partial charge in [0.25, 0.3) is 0 Å². The van der Waals surface area contributed by atoms with Crippen LogP contribution in [0.25, 0.3) is 0 Å². The summed E-state index contributed by atoms with van der Waals surface area (Å²) in [4.78, 5) is 11.7. The maximum absolute atomic E-state index is 11.7. The lowest BCUT2D eigenvalue weighted by molar-refractivity contribution is -0.146. The normalized spacial score (nSPS) is 19.9. The highest BCUT2D eigenvalue weighted by Crippen LogP contribution is 2.49. The van der Waals surface area contributed by atoms with Gasteiger partial charge in [0.2, 0.25) is 0 Å². The SMILES string of the molecule is CC(C)C(C(=O)O)C1(c2ccccc2)CCCC1. The summed E-state index contributed by atoms with van der Waals surface area (Å²) in [5.41, 5.74) is 1.06. The summed E-state index contributed by atoms with van der Waals surface area (Å²) in [5, 5.41) is 9.63. The highest BCUT2D eigenvalue weighted by molar-refractivity contribution is 5.73. The van der Waals surface area contributed by atoms with Gasteiger partial charge in [-0.25, -0.2) is 0 Å². The lowest BCUT2D eigenvalue weighted by atomic mass is 9.65. The molecule has 98 valence electrons. The predicted octanol–water partition coefficient (Wildman–Crippen LogP) is 3.86. The molecular formula is C16H22O2. The lowest BCUT2D eigenvalue weighted by Gasteiger charge is -2.38. The van der Waals surface area contributed by atoms with Crippen LogP contribution in [0.2, 0.25) is 0 Å². The van der Waals surface area contributed by atoms with Crippen molar-refractivity contribution in [2.45, 2.75) is 44.9 Å². The summed E-state index contributed by atoms with van der Waals surface area (Å²) in [5.74, 6) is -0.751. The van der Waals surface area contributed by atoms with Crippen molar-refractivity contribution in [1.29, 1.82) is 0 Å². The largest absolute Gasteiger partial charge is 0.481 e. The Labute approximate surface area is 109 Å². The van der Waals surface area contributed by atoms with E-state index in [4.69, 9.17) is 0 Å². The van der Waals surface area contributed by atoms with Gasteiger partial charge in [-0.15, -0.1) is 0 Å². The van der Waals surface area contributed by atoms with E-state index in [-0.39, 0.29) is 17.3 Å². The van der Waals surface area contributed by atoms with Crippen molar-refractivity contribution in [1.82, 2.24) is 0 Å². The molecule has 1 atom stereocenters. The molecule has 0 aliphatic heterocycles. The van der Waals surface area contributed by atoms with Crippen LogP contribution in [0.5, 0.6) is 0 Å². The Kier molecular flexibility index (Phi) is 3.74. The maximum atomic E-state index is 11.7. The summed E-state index contributed by atoms with van der Waals surface area (Å²) < 4.78 is 0. The van der Waals surface area contributed by atoms with Crippen LogP contribution < -0.4 is 0 Å². The first kappa shape index (κ1) is 13.1. The molecule has 2 nitrogen and oxygen atoms in total. The van der Waals surface area contributed by atoms with Gasteiger partial charge in [-0.2, -0.15) is 0 Å². The highest BCUT2D eigenvalue weighted by atomic mass is 16.4. The molecule has 0 heterocycles. The van der Waals surface area contributed by atoms with E-state index in [2.05, 4.69) is 12.1 Å². The minimum absolute atomic E-state index is 0.152. The molecule has 18 heavy (non-hydrogen) atoms. The fourth-order valence-electron chi connectivity index (χ4n) is 3.71. The van der Waals surface area contributed by atoms with Gasteiger partial charge < -0.3 is 5.11 Å². The number of carboxylic acids is 1. The molecule has 2 rings (SSSR count).